The highest BCUT2D eigenvalue weighted by atomic mass is 32.1. The standard InChI is InChI=1S/C15H20N4O2S/c1-2-8-19(9-10-20)15(21)16-11-13-17-18-14(22-13)12-6-4-3-5-7-12/h3-7,20H,2,8-11H2,1H3,(H,16,21). The van der Waals surface area contributed by atoms with Crippen LogP contribution in [0.3, 0.4) is 0 Å². The smallest absolute Gasteiger partial charge is 0.317 e. The van der Waals surface area contributed by atoms with Gasteiger partial charge >= 0.3 is 6.03 Å². The van der Waals surface area contributed by atoms with Crippen molar-refractivity contribution in [2.24, 2.45) is 0 Å². The molecule has 0 radical (unpaired) electrons. The zero-order valence-corrected chi connectivity index (χ0v) is 13.3. The highest BCUT2D eigenvalue weighted by Gasteiger charge is 2.13. The molecule has 1 heterocycles. The first kappa shape index (κ1) is 16.4. The first-order valence-corrected chi connectivity index (χ1v) is 8.07. The molecule has 7 heteroatoms. The van der Waals surface area contributed by atoms with Crippen LogP contribution in [0.1, 0.15) is 18.4 Å². The molecule has 2 rings (SSSR count). The van der Waals surface area contributed by atoms with Gasteiger partial charge in [0.25, 0.3) is 0 Å². The Morgan fingerprint density at radius 3 is 2.73 bits per heavy atom. The van der Waals surface area contributed by atoms with Crippen molar-refractivity contribution in [2.75, 3.05) is 19.7 Å². The SMILES string of the molecule is CCCN(CCO)C(=O)NCc1nnc(-c2ccccc2)s1. The van der Waals surface area contributed by atoms with E-state index < -0.39 is 0 Å². The van der Waals surface area contributed by atoms with Gasteiger partial charge in [-0.05, 0) is 6.42 Å². The molecule has 0 atom stereocenters. The number of aliphatic hydroxyl groups excluding tert-OH is 1. The largest absolute Gasteiger partial charge is 0.395 e. The van der Waals surface area contributed by atoms with E-state index in [2.05, 4.69) is 15.5 Å². The fourth-order valence-electron chi connectivity index (χ4n) is 1.99. The molecule has 0 aliphatic rings. The Morgan fingerprint density at radius 2 is 2.05 bits per heavy atom. The average molecular weight is 320 g/mol. The number of nitrogens with zero attached hydrogens (tertiary/aromatic N) is 3. The molecule has 1 aromatic carbocycles. The highest BCUT2D eigenvalue weighted by molar-refractivity contribution is 7.14. The molecule has 0 aliphatic heterocycles. The van der Waals surface area contributed by atoms with E-state index >= 15 is 0 Å². The number of aliphatic hydroxyl groups is 1. The van der Waals surface area contributed by atoms with Crippen LogP contribution in [0.15, 0.2) is 30.3 Å². The molecule has 2 aromatic rings. The number of urea groups is 1. The van der Waals surface area contributed by atoms with Crippen molar-refractivity contribution in [3.63, 3.8) is 0 Å². The normalized spacial score (nSPS) is 10.5. The predicted octanol–water partition coefficient (Wildman–Crippen LogP) is 2.12. The Labute approximate surface area is 133 Å². The number of hydrogen-bond donors (Lipinski definition) is 2. The zero-order chi connectivity index (χ0) is 15.8. The summed E-state index contributed by atoms with van der Waals surface area (Å²) in [4.78, 5) is 13.6. The van der Waals surface area contributed by atoms with Gasteiger partial charge in [-0.25, -0.2) is 4.79 Å². The van der Waals surface area contributed by atoms with Crippen molar-refractivity contribution in [1.82, 2.24) is 20.4 Å². The molecule has 0 fully saturated rings. The van der Waals surface area contributed by atoms with Crippen LogP contribution in [0.2, 0.25) is 0 Å². The lowest BCUT2D eigenvalue weighted by Crippen LogP contribution is -2.41. The van der Waals surface area contributed by atoms with E-state index in [9.17, 15) is 4.79 Å². The van der Waals surface area contributed by atoms with E-state index in [-0.39, 0.29) is 12.6 Å². The van der Waals surface area contributed by atoms with Gasteiger partial charge in [0.2, 0.25) is 0 Å². The van der Waals surface area contributed by atoms with Crippen molar-refractivity contribution in [1.29, 1.82) is 0 Å². The van der Waals surface area contributed by atoms with Crippen molar-refractivity contribution in [3.8, 4) is 10.6 Å². The summed E-state index contributed by atoms with van der Waals surface area (Å²) in [6.07, 6.45) is 0.852. The molecule has 1 aromatic heterocycles. The Bertz CT molecular complexity index is 582. The molecule has 0 unspecified atom stereocenters. The minimum Gasteiger partial charge on any atom is -0.395 e. The molecule has 0 saturated heterocycles. The van der Waals surface area contributed by atoms with Crippen LogP contribution in [0, 0.1) is 0 Å². The predicted molar refractivity (Wildman–Crippen MR) is 86.5 cm³/mol. The van der Waals surface area contributed by atoms with E-state index in [1.54, 1.807) is 4.90 Å². The van der Waals surface area contributed by atoms with Crippen LogP contribution in [0.5, 0.6) is 0 Å². The Morgan fingerprint density at radius 1 is 1.27 bits per heavy atom. The van der Waals surface area contributed by atoms with E-state index in [0.29, 0.717) is 19.6 Å². The Balaban J connectivity index is 1.92. The van der Waals surface area contributed by atoms with Gasteiger partial charge in [-0.15, -0.1) is 10.2 Å². The molecule has 22 heavy (non-hydrogen) atoms. The number of rotatable bonds is 7. The lowest BCUT2D eigenvalue weighted by Gasteiger charge is -2.20. The van der Waals surface area contributed by atoms with E-state index in [0.717, 1.165) is 22.0 Å². The summed E-state index contributed by atoms with van der Waals surface area (Å²) in [5.74, 6) is 0. The second kappa shape index (κ2) is 8.45. The van der Waals surface area contributed by atoms with E-state index in [1.807, 2.05) is 37.3 Å². The average Bonchev–Trinajstić information content (AvgIpc) is 3.02. The fraction of sp³-hybridized carbons (Fsp3) is 0.400. The third kappa shape index (κ3) is 4.51. The lowest BCUT2D eigenvalue weighted by molar-refractivity contribution is 0.177. The van der Waals surface area contributed by atoms with Crippen molar-refractivity contribution in [3.05, 3.63) is 35.3 Å². The van der Waals surface area contributed by atoms with E-state index in [1.165, 1.54) is 11.3 Å². The maximum atomic E-state index is 12.0. The Kier molecular flexibility index (Phi) is 6.29. The first-order valence-electron chi connectivity index (χ1n) is 7.26. The van der Waals surface area contributed by atoms with Crippen LogP contribution in [0.25, 0.3) is 10.6 Å². The van der Waals surface area contributed by atoms with Crippen LogP contribution >= 0.6 is 11.3 Å². The van der Waals surface area contributed by atoms with Crippen LogP contribution < -0.4 is 5.32 Å². The highest BCUT2D eigenvalue weighted by Crippen LogP contribution is 2.22. The number of carbonyl (C=O) groups excluding carboxylic acids is 1. The van der Waals surface area contributed by atoms with Gasteiger partial charge in [-0.1, -0.05) is 48.6 Å². The minimum absolute atomic E-state index is 0.0373. The van der Waals surface area contributed by atoms with Gasteiger partial charge in [0.1, 0.15) is 10.0 Å². The molecule has 0 spiro atoms. The molecule has 6 nitrogen and oxygen atoms in total. The third-order valence-corrected chi connectivity index (χ3v) is 4.00. The summed E-state index contributed by atoms with van der Waals surface area (Å²) in [5, 5.41) is 21.6. The summed E-state index contributed by atoms with van der Waals surface area (Å²) < 4.78 is 0. The van der Waals surface area contributed by atoms with Crippen molar-refractivity contribution in [2.45, 2.75) is 19.9 Å². The maximum absolute atomic E-state index is 12.0. The summed E-state index contributed by atoms with van der Waals surface area (Å²) >= 11 is 1.46. The van der Waals surface area contributed by atoms with Gasteiger partial charge < -0.3 is 15.3 Å². The molecule has 2 amide bonds. The molecule has 0 saturated carbocycles. The number of aromatic nitrogens is 2. The zero-order valence-electron chi connectivity index (χ0n) is 12.5. The quantitative estimate of drug-likeness (QED) is 0.819. The minimum atomic E-state index is -0.188. The molecule has 118 valence electrons. The number of benzene rings is 1. The van der Waals surface area contributed by atoms with Gasteiger partial charge in [0, 0.05) is 18.7 Å². The molecular weight excluding hydrogens is 300 g/mol. The second-order valence-corrected chi connectivity index (χ2v) is 5.80. The van der Waals surface area contributed by atoms with Gasteiger partial charge in [0.15, 0.2) is 0 Å². The summed E-state index contributed by atoms with van der Waals surface area (Å²) in [5.41, 5.74) is 1.02. The van der Waals surface area contributed by atoms with Gasteiger partial charge in [-0.3, -0.25) is 0 Å². The van der Waals surface area contributed by atoms with Crippen LogP contribution in [0.4, 0.5) is 4.79 Å². The summed E-state index contributed by atoms with van der Waals surface area (Å²) in [6, 6.07) is 9.63. The summed E-state index contributed by atoms with van der Waals surface area (Å²) in [7, 11) is 0. The topological polar surface area (TPSA) is 78.4 Å². The van der Waals surface area contributed by atoms with E-state index in [4.69, 9.17) is 5.11 Å². The Hall–Kier alpha value is -1.99. The number of nitrogens with one attached hydrogen (secondary N) is 1. The molecule has 0 aliphatic carbocycles. The fourth-order valence-corrected chi connectivity index (χ4v) is 2.78. The molecule has 2 N–H and O–H groups in total. The number of hydrogen-bond acceptors (Lipinski definition) is 5. The van der Waals surface area contributed by atoms with Crippen molar-refractivity contribution < 1.29 is 9.90 Å². The van der Waals surface area contributed by atoms with Gasteiger partial charge in [0.05, 0.1) is 13.2 Å². The maximum Gasteiger partial charge on any atom is 0.317 e. The number of carbonyl (C=O) groups is 1. The first-order chi connectivity index (χ1) is 10.7. The van der Waals surface area contributed by atoms with Gasteiger partial charge in [-0.2, -0.15) is 0 Å². The molecule has 0 bridgehead atoms. The third-order valence-electron chi connectivity index (χ3n) is 3.03. The number of amides is 2. The lowest BCUT2D eigenvalue weighted by atomic mass is 10.2. The van der Waals surface area contributed by atoms with Crippen LogP contribution in [-0.2, 0) is 6.54 Å². The van der Waals surface area contributed by atoms with Crippen LogP contribution in [-0.4, -0.2) is 45.9 Å². The summed E-state index contributed by atoms with van der Waals surface area (Å²) in [6.45, 7) is 3.26. The monoisotopic (exact) mass is 320 g/mol. The molecular formula is C15H20N4O2S. The second-order valence-electron chi connectivity index (χ2n) is 4.74. The van der Waals surface area contributed by atoms with Crippen molar-refractivity contribution >= 4 is 17.4 Å².